The van der Waals surface area contributed by atoms with Gasteiger partial charge in [-0.1, -0.05) is 30.3 Å². The molecule has 158 valence electrons. The average molecular weight is 417 g/mol. The number of aromatic nitrogens is 1. The fourth-order valence-corrected chi connectivity index (χ4v) is 4.07. The molecule has 2 aromatic carbocycles. The number of hydrogen-bond donors (Lipinski definition) is 0. The van der Waals surface area contributed by atoms with Gasteiger partial charge in [0.1, 0.15) is 16.9 Å². The van der Waals surface area contributed by atoms with Crippen LogP contribution in [-0.4, -0.2) is 16.3 Å². The summed E-state index contributed by atoms with van der Waals surface area (Å²) in [5.41, 5.74) is 2.09. The summed E-state index contributed by atoms with van der Waals surface area (Å²) in [5, 5.41) is 1.47. The molecule has 5 rings (SSSR count). The molecule has 0 amide bonds. The molecule has 1 aliphatic heterocycles. The van der Waals surface area contributed by atoms with Crippen LogP contribution in [0.3, 0.4) is 0 Å². The van der Waals surface area contributed by atoms with Crippen molar-refractivity contribution in [2.24, 2.45) is 0 Å². The van der Waals surface area contributed by atoms with Gasteiger partial charge in [-0.15, -0.1) is 0 Å². The molecule has 0 bridgehead atoms. The van der Waals surface area contributed by atoms with E-state index in [2.05, 4.69) is 0 Å². The highest BCUT2D eigenvalue weighted by Crippen LogP contribution is 2.35. The van der Waals surface area contributed by atoms with E-state index in [1.54, 1.807) is 18.3 Å². The molecule has 31 heavy (non-hydrogen) atoms. The van der Waals surface area contributed by atoms with Gasteiger partial charge in [0, 0.05) is 23.6 Å². The monoisotopic (exact) mass is 417 g/mol. The first-order valence-electron chi connectivity index (χ1n) is 10.3. The van der Waals surface area contributed by atoms with Gasteiger partial charge in [0.15, 0.2) is 5.43 Å². The predicted molar refractivity (Wildman–Crippen MR) is 117 cm³/mol. The Bertz CT molecular complexity index is 1370. The zero-order valence-electron chi connectivity index (χ0n) is 17.7. The molecule has 3 heterocycles. The van der Waals surface area contributed by atoms with Crippen molar-refractivity contribution in [2.75, 3.05) is 0 Å². The van der Waals surface area contributed by atoms with Gasteiger partial charge in [-0.3, -0.25) is 9.36 Å². The number of carbonyl (C=O) groups excluding carboxylic acids is 1. The lowest BCUT2D eigenvalue weighted by molar-refractivity contribution is 0.0207. The van der Waals surface area contributed by atoms with Crippen LogP contribution in [0, 0.1) is 0 Å². The van der Waals surface area contributed by atoms with E-state index in [1.165, 1.54) is 4.57 Å². The van der Waals surface area contributed by atoms with Crippen LogP contribution in [-0.2, 0) is 22.5 Å². The summed E-state index contributed by atoms with van der Waals surface area (Å²) in [6.07, 6.45) is 1.40. The lowest BCUT2D eigenvalue weighted by Crippen LogP contribution is -2.26. The minimum Gasteiger partial charge on any atom is -0.460 e. The third-order valence-corrected chi connectivity index (χ3v) is 5.46. The number of nitrogens with zero attached hydrogens (tertiary/aromatic N) is 1. The molecule has 6 nitrogen and oxygen atoms in total. The molecule has 4 aromatic rings. The van der Waals surface area contributed by atoms with Crippen LogP contribution in [0.25, 0.3) is 21.9 Å². The summed E-state index contributed by atoms with van der Waals surface area (Å²) in [6.45, 7) is 5.68. The van der Waals surface area contributed by atoms with Crippen molar-refractivity contribution >= 4 is 28.0 Å². The highest BCUT2D eigenvalue weighted by molar-refractivity contribution is 5.92. The quantitative estimate of drug-likeness (QED) is 0.418. The molecular weight excluding hydrogens is 394 g/mol. The molecule has 0 N–H and O–H groups in total. The minimum atomic E-state index is -0.604. The van der Waals surface area contributed by atoms with Crippen LogP contribution in [0.5, 0.6) is 0 Å². The molecule has 0 radical (unpaired) electrons. The van der Waals surface area contributed by atoms with Crippen LogP contribution in [0.1, 0.15) is 43.8 Å². The lowest BCUT2D eigenvalue weighted by Gasteiger charge is -2.24. The molecule has 1 aliphatic rings. The molecule has 0 aliphatic carbocycles. The fraction of sp³-hybridized carbons (Fsp3) is 0.280. The number of benzene rings is 2. The zero-order valence-corrected chi connectivity index (χ0v) is 17.7. The van der Waals surface area contributed by atoms with Crippen molar-refractivity contribution in [3.05, 3.63) is 81.8 Å². The molecule has 0 unspecified atom stereocenters. The van der Waals surface area contributed by atoms with Gasteiger partial charge >= 0.3 is 6.09 Å². The maximum atomic E-state index is 12.8. The van der Waals surface area contributed by atoms with Crippen molar-refractivity contribution in [1.82, 2.24) is 4.57 Å². The molecule has 0 saturated heterocycles. The Hall–Kier alpha value is -3.38. The van der Waals surface area contributed by atoms with E-state index in [-0.39, 0.29) is 18.1 Å². The van der Waals surface area contributed by atoms with Crippen molar-refractivity contribution in [3.63, 3.8) is 0 Å². The Kier molecular flexibility index (Phi) is 4.48. The summed E-state index contributed by atoms with van der Waals surface area (Å²) in [6, 6.07) is 14.9. The number of para-hydroxylation sites is 2. The molecule has 2 aromatic heterocycles. The van der Waals surface area contributed by atoms with E-state index in [1.807, 2.05) is 57.2 Å². The highest BCUT2D eigenvalue weighted by atomic mass is 16.6. The topological polar surface area (TPSA) is 70.7 Å². The van der Waals surface area contributed by atoms with Crippen LogP contribution >= 0.6 is 0 Å². The predicted octanol–water partition coefficient (Wildman–Crippen LogP) is 5.34. The van der Waals surface area contributed by atoms with Crippen molar-refractivity contribution < 1.29 is 18.7 Å². The molecule has 0 saturated carbocycles. The van der Waals surface area contributed by atoms with Gasteiger partial charge in [0.05, 0.1) is 29.2 Å². The number of carbonyl (C=O) groups is 1. The maximum absolute atomic E-state index is 12.8. The van der Waals surface area contributed by atoms with E-state index in [0.29, 0.717) is 28.7 Å². The van der Waals surface area contributed by atoms with Crippen LogP contribution in [0.4, 0.5) is 4.79 Å². The molecular formula is C25H23NO5. The Morgan fingerprint density at radius 2 is 1.77 bits per heavy atom. The van der Waals surface area contributed by atoms with Crippen LogP contribution in [0.15, 0.2) is 63.9 Å². The van der Waals surface area contributed by atoms with E-state index in [4.69, 9.17) is 13.9 Å². The summed E-state index contributed by atoms with van der Waals surface area (Å²) >= 11 is 0. The molecule has 6 heteroatoms. The molecule has 0 spiro atoms. The normalized spacial score (nSPS) is 16.4. The second-order valence-electron chi connectivity index (χ2n) is 8.78. The molecule has 0 fully saturated rings. The van der Waals surface area contributed by atoms with Crippen molar-refractivity contribution in [1.29, 1.82) is 0 Å². The Balaban J connectivity index is 1.57. The van der Waals surface area contributed by atoms with Gasteiger partial charge < -0.3 is 13.9 Å². The van der Waals surface area contributed by atoms with Gasteiger partial charge in [-0.2, -0.15) is 0 Å². The van der Waals surface area contributed by atoms with Gasteiger partial charge in [0.2, 0.25) is 0 Å². The fourth-order valence-electron chi connectivity index (χ4n) is 4.07. The molecule has 1 atom stereocenters. The van der Waals surface area contributed by atoms with Crippen molar-refractivity contribution in [3.8, 4) is 0 Å². The van der Waals surface area contributed by atoms with Gasteiger partial charge in [0.25, 0.3) is 0 Å². The smallest absolute Gasteiger partial charge is 0.419 e. The average Bonchev–Trinajstić information content (AvgIpc) is 3.12. The maximum Gasteiger partial charge on any atom is 0.419 e. The Morgan fingerprint density at radius 1 is 1.06 bits per heavy atom. The SMILES string of the molecule is CC(C)(C)OC(=O)n1cc([C@H]2Cc3oc4ccccc4c(=O)c3CO2)c2ccccc21. The van der Waals surface area contributed by atoms with Gasteiger partial charge in [-0.25, -0.2) is 4.79 Å². The van der Waals surface area contributed by atoms with E-state index in [9.17, 15) is 9.59 Å². The first-order valence-corrected chi connectivity index (χ1v) is 10.3. The number of hydrogen-bond acceptors (Lipinski definition) is 5. The number of ether oxygens (including phenoxy) is 2. The summed E-state index contributed by atoms with van der Waals surface area (Å²) in [5.74, 6) is 0.633. The zero-order chi connectivity index (χ0) is 21.8. The van der Waals surface area contributed by atoms with E-state index < -0.39 is 11.7 Å². The summed E-state index contributed by atoms with van der Waals surface area (Å²) in [7, 11) is 0. The largest absolute Gasteiger partial charge is 0.460 e. The van der Waals surface area contributed by atoms with Crippen LogP contribution < -0.4 is 5.43 Å². The third kappa shape index (κ3) is 3.43. The standard InChI is InChI=1S/C25H23NO5/c1-25(2,3)31-24(28)26-13-17(15-8-4-6-10-19(15)26)21-12-22-18(14-29-21)23(27)16-9-5-7-11-20(16)30-22/h4-11,13,21H,12,14H2,1-3H3/t21-/m1/s1. The van der Waals surface area contributed by atoms with Gasteiger partial charge in [-0.05, 0) is 39.0 Å². The van der Waals surface area contributed by atoms with E-state index in [0.717, 1.165) is 16.5 Å². The summed E-state index contributed by atoms with van der Waals surface area (Å²) < 4.78 is 19.3. The Labute approximate surface area is 179 Å². The first-order chi connectivity index (χ1) is 14.8. The number of rotatable bonds is 1. The first kappa shape index (κ1) is 19.6. The summed E-state index contributed by atoms with van der Waals surface area (Å²) in [4.78, 5) is 25.6. The van der Waals surface area contributed by atoms with E-state index >= 15 is 0 Å². The van der Waals surface area contributed by atoms with Crippen LogP contribution in [0.2, 0.25) is 0 Å². The lowest BCUT2D eigenvalue weighted by atomic mass is 9.98. The third-order valence-electron chi connectivity index (χ3n) is 5.46. The highest BCUT2D eigenvalue weighted by Gasteiger charge is 2.29. The Morgan fingerprint density at radius 3 is 2.55 bits per heavy atom. The second kappa shape index (κ2) is 7.10. The second-order valence-corrected chi connectivity index (χ2v) is 8.78. The number of fused-ring (bicyclic) bond motifs is 3. The van der Waals surface area contributed by atoms with Crippen molar-refractivity contribution in [2.45, 2.75) is 45.5 Å². The minimum absolute atomic E-state index is 0.0496.